The number of anilines is 1. The van der Waals surface area contributed by atoms with Crippen molar-refractivity contribution in [2.75, 3.05) is 5.32 Å². The van der Waals surface area contributed by atoms with Crippen molar-refractivity contribution in [1.29, 1.82) is 0 Å². The summed E-state index contributed by atoms with van der Waals surface area (Å²) < 4.78 is 12.8. The van der Waals surface area contributed by atoms with Crippen molar-refractivity contribution in [2.45, 2.75) is 0 Å². The number of carbonyl (C=O) groups excluding carboxylic acids is 1. The molecule has 2 aromatic carbocycles. The predicted molar refractivity (Wildman–Crippen MR) is 81.6 cm³/mol. The lowest BCUT2D eigenvalue weighted by atomic mass is 10.1. The van der Waals surface area contributed by atoms with E-state index in [1.807, 2.05) is 0 Å². The third-order valence-corrected chi connectivity index (χ3v) is 2.99. The van der Waals surface area contributed by atoms with E-state index in [9.17, 15) is 19.3 Å². The van der Waals surface area contributed by atoms with Gasteiger partial charge < -0.3 is 5.32 Å². The van der Waals surface area contributed by atoms with E-state index in [0.29, 0.717) is 5.56 Å². The summed E-state index contributed by atoms with van der Waals surface area (Å²) in [7, 11) is 0. The first-order chi connectivity index (χ1) is 10.5. The molecule has 1 N–H and O–H groups in total. The van der Waals surface area contributed by atoms with E-state index in [-0.39, 0.29) is 22.2 Å². The third-order valence-electron chi connectivity index (χ3n) is 2.76. The average molecular weight is 321 g/mol. The summed E-state index contributed by atoms with van der Waals surface area (Å²) in [4.78, 5) is 22.1. The number of ketones is 1. The zero-order valence-corrected chi connectivity index (χ0v) is 11.9. The van der Waals surface area contributed by atoms with Crippen molar-refractivity contribution in [3.8, 4) is 0 Å². The first kappa shape index (κ1) is 15.7. The number of halogens is 2. The number of nitrogens with zero attached hydrogens (tertiary/aromatic N) is 1. The van der Waals surface area contributed by atoms with Gasteiger partial charge in [-0.2, -0.15) is 0 Å². The van der Waals surface area contributed by atoms with E-state index in [0.717, 1.165) is 0 Å². The Morgan fingerprint density at radius 1 is 1.23 bits per heavy atom. The minimum absolute atomic E-state index is 0.202. The van der Waals surface area contributed by atoms with Crippen LogP contribution in [0.4, 0.5) is 15.8 Å². The lowest BCUT2D eigenvalue weighted by molar-refractivity contribution is -0.383. The minimum atomic E-state index is -0.580. The number of allylic oxidation sites excluding steroid dienone is 1. The number of nitro groups is 1. The Morgan fingerprint density at radius 3 is 2.55 bits per heavy atom. The number of nitro benzene ring substituents is 1. The SMILES string of the molecule is O=C(C=CNc1ccc(Cl)cc1[N+](=O)[O-])c1ccc(F)cc1. The van der Waals surface area contributed by atoms with E-state index in [2.05, 4.69) is 5.32 Å². The maximum absolute atomic E-state index is 12.8. The summed E-state index contributed by atoms with van der Waals surface area (Å²) in [6.45, 7) is 0. The summed E-state index contributed by atoms with van der Waals surface area (Å²) in [5, 5.41) is 13.8. The van der Waals surface area contributed by atoms with Crippen LogP contribution in [0.5, 0.6) is 0 Å². The molecule has 112 valence electrons. The van der Waals surface area contributed by atoms with Crippen molar-refractivity contribution >= 4 is 28.8 Å². The highest BCUT2D eigenvalue weighted by atomic mass is 35.5. The number of nitrogens with one attached hydrogen (secondary N) is 1. The molecule has 7 heteroatoms. The summed E-state index contributed by atoms with van der Waals surface area (Å²) >= 11 is 5.70. The number of hydrogen-bond donors (Lipinski definition) is 1. The van der Waals surface area contributed by atoms with Gasteiger partial charge in [0.1, 0.15) is 11.5 Å². The van der Waals surface area contributed by atoms with Gasteiger partial charge in [-0.3, -0.25) is 14.9 Å². The second-order valence-corrected chi connectivity index (χ2v) is 4.70. The van der Waals surface area contributed by atoms with Crippen molar-refractivity contribution < 1.29 is 14.1 Å². The topological polar surface area (TPSA) is 72.2 Å². The molecule has 2 aromatic rings. The van der Waals surface area contributed by atoms with E-state index in [1.165, 1.54) is 54.7 Å². The van der Waals surface area contributed by atoms with Crippen molar-refractivity contribution in [2.24, 2.45) is 0 Å². The molecule has 0 saturated carbocycles. The highest BCUT2D eigenvalue weighted by Gasteiger charge is 2.13. The van der Waals surface area contributed by atoms with Crippen LogP contribution in [-0.2, 0) is 0 Å². The van der Waals surface area contributed by atoms with E-state index < -0.39 is 10.7 Å². The van der Waals surface area contributed by atoms with Gasteiger partial charge in [0.2, 0.25) is 0 Å². The van der Waals surface area contributed by atoms with Gasteiger partial charge in [0.25, 0.3) is 5.69 Å². The van der Waals surface area contributed by atoms with E-state index >= 15 is 0 Å². The van der Waals surface area contributed by atoms with E-state index in [4.69, 9.17) is 11.6 Å². The summed E-state index contributed by atoms with van der Waals surface area (Å²) in [6, 6.07) is 9.20. The molecule has 5 nitrogen and oxygen atoms in total. The number of benzene rings is 2. The Kier molecular flexibility index (Phi) is 4.85. The average Bonchev–Trinajstić information content (AvgIpc) is 2.49. The maximum atomic E-state index is 12.8. The molecule has 0 aliphatic rings. The Bertz CT molecular complexity index is 745. The fourth-order valence-corrected chi connectivity index (χ4v) is 1.86. The van der Waals surface area contributed by atoms with Crippen LogP contribution < -0.4 is 5.32 Å². The monoisotopic (exact) mass is 320 g/mol. The molecule has 0 saturated heterocycles. The van der Waals surface area contributed by atoms with Crippen LogP contribution in [0, 0.1) is 15.9 Å². The van der Waals surface area contributed by atoms with Gasteiger partial charge in [-0.05, 0) is 36.4 Å². The molecule has 0 heterocycles. The second-order valence-electron chi connectivity index (χ2n) is 4.27. The molecule has 0 fully saturated rings. The van der Waals surface area contributed by atoms with E-state index in [1.54, 1.807) is 0 Å². The molecule has 0 radical (unpaired) electrons. The Labute approximate surface area is 130 Å². The van der Waals surface area contributed by atoms with Crippen LogP contribution >= 0.6 is 11.6 Å². The van der Waals surface area contributed by atoms with Crippen LogP contribution in [0.25, 0.3) is 0 Å². The third kappa shape index (κ3) is 3.89. The van der Waals surface area contributed by atoms with Gasteiger partial charge in [0.05, 0.1) is 4.92 Å². The van der Waals surface area contributed by atoms with Crippen LogP contribution in [0.2, 0.25) is 5.02 Å². The first-order valence-electron chi connectivity index (χ1n) is 6.14. The smallest absolute Gasteiger partial charge is 0.294 e. The molecule has 0 unspecified atom stereocenters. The quantitative estimate of drug-likeness (QED) is 0.388. The summed E-state index contributed by atoms with van der Waals surface area (Å²) in [5.41, 5.74) is 0.314. The van der Waals surface area contributed by atoms with Crippen molar-refractivity contribution in [3.05, 3.63) is 81.3 Å². The van der Waals surface area contributed by atoms with Crippen LogP contribution in [0.1, 0.15) is 10.4 Å². The summed E-state index contributed by atoms with van der Waals surface area (Å²) in [6.07, 6.45) is 2.48. The van der Waals surface area contributed by atoms with Crippen LogP contribution in [-0.4, -0.2) is 10.7 Å². The number of hydrogen-bond acceptors (Lipinski definition) is 4. The zero-order chi connectivity index (χ0) is 16.1. The lowest BCUT2D eigenvalue weighted by Crippen LogP contribution is -1.98. The molecular weight excluding hydrogens is 311 g/mol. The van der Waals surface area contributed by atoms with Gasteiger partial charge in [-0.1, -0.05) is 11.6 Å². The normalized spacial score (nSPS) is 10.6. The van der Waals surface area contributed by atoms with Gasteiger partial charge in [0, 0.05) is 28.9 Å². The second kappa shape index (κ2) is 6.82. The zero-order valence-electron chi connectivity index (χ0n) is 11.1. The fourth-order valence-electron chi connectivity index (χ4n) is 1.70. The fraction of sp³-hybridized carbons (Fsp3) is 0. The molecule has 0 bridgehead atoms. The van der Waals surface area contributed by atoms with Crippen molar-refractivity contribution in [1.82, 2.24) is 0 Å². The highest BCUT2D eigenvalue weighted by molar-refractivity contribution is 6.30. The molecule has 0 spiro atoms. The van der Waals surface area contributed by atoms with Crippen molar-refractivity contribution in [3.63, 3.8) is 0 Å². The molecule has 2 rings (SSSR count). The number of rotatable bonds is 5. The van der Waals surface area contributed by atoms with Crippen LogP contribution in [0.15, 0.2) is 54.7 Å². The molecule has 0 amide bonds. The minimum Gasteiger partial charge on any atom is -0.356 e. The Balaban J connectivity index is 2.11. The molecular formula is C15H10ClFN2O3. The standard InChI is InChI=1S/C15H10ClFN2O3/c16-11-3-6-13(14(9-11)19(21)22)18-8-7-15(20)10-1-4-12(17)5-2-10/h1-9,18H. The van der Waals surface area contributed by atoms with Gasteiger partial charge in [-0.25, -0.2) is 4.39 Å². The lowest BCUT2D eigenvalue weighted by Gasteiger charge is -2.02. The predicted octanol–water partition coefficient (Wildman–Crippen LogP) is 4.20. The molecule has 0 aromatic heterocycles. The molecule has 0 aliphatic carbocycles. The Hall–Kier alpha value is -2.73. The maximum Gasteiger partial charge on any atom is 0.294 e. The van der Waals surface area contributed by atoms with Gasteiger partial charge in [-0.15, -0.1) is 0 Å². The molecule has 0 aliphatic heterocycles. The summed E-state index contributed by atoms with van der Waals surface area (Å²) in [5.74, 6) is -0.792. The highest BCUT2D eigenvalue weighted by Crippen LogP contribution is 2.27. The Morgan fingerprint density at radius 2 is 1.91 bits per heavy atom. The largest absolute Gasteiger partial charge is 0.356 e. The molecule has 0 atom stereocenters. The molecule has 22 heavy (non-hydrogen) atoms. The van der Waals surface area contributed by atoms with Gasteiger partial charge >= 0.3 is 0 Å². The number of carbonyl (C=O) groups is 1. The first-order valence-corrected chi connectivity index (χ1v) is 6.52. The van der Waals surface area contributed by atoms with Crippen LogP contribution in [0.3, 0.4) is 0 Å². The van der Waals surface area contributed by atoms with Gasteiger partial charge in [0.15, 0.2) is 5.78 Å².